The zero-order valence-corrected chi connectivity index (χ0v) is 5.63. The predicted octanol–water partition coefficient (Wildman–Crippen LogP) is 1.37. The van der Waals surface area contributed by atoms with Crippen LogP contribution in [0.1, 0.15) is 0 Å². The van der Waals surface area contributed by atoms with Crippen LogP contribution in [0.15, 0.2) is 0 Å². The highest BCUT2D eigenvalue weighted by Crippen LogP contribution is 2.20. The number of carboxylic acid groups (broad SMARTS) is 1. The van der Waals surface area contributed by atoms with E-state index in [1.807, 2.05) is 0 Å². The first-order valence-corrected chi connectivity index (χ1v) is 3.43. The highest BCUT2D eigenvalue weighted by atomic mass is 32.2. The minimum Gasteiger partial charge on any atom is -0.481 e. The van der Waals surface area contributed by atoms with Gasteiger partial charge in [-0.25, -0.2) is 0 Å². The molecule has 0 bridgehead atoms. The van der Waals surface area contributed by atoms with Gasteiger partial charge in [0.25, 0.3) is 0 Å². The molecule has 0 aliphatic heterocycles. The Morgan fingerprint density at radius 1 is 1.50 bits per heavy atom. The summed E-state index contributed by atoms with van der Waals surface area (Å²) in [5, 5.41) is 7.92. The molecule has 0 heterocycles. The first-order valence-electron chi connectivity index (χ1n) is 2.28. The van der Waals surface area contributed by atoms with Crippen LogP contribution in [0.25, 0.3) is 0 Å². The van der Waals surface area contributed by atoms with E-state index in [2.05, 4.69) is 0 Å². The second kappa shape index (κ2) is 3.70. The van der Waals surface area contributed by atoms with E-state index in [0.29, 0.717) is 11.8 Å². The van der Waals surface area contributed by atoms with E-state index >= 15 is 0 Å². The zero-order valence-electron chi connectivity index (χ0n) is 4.81. The van der Waals surface area contributed by atoms with Crippen molar-refractivity contribution in [3.63, 3.8) is 0 Å². The molecule has 0 radical (unpaired) electrons. The van der Waals surface area contributed by atoms with E-state index in [0.717, 1.165) is 0 Å². The molecule has 0 unspecified atom stereocenters. The topological polar surface area (TPSA) is 37.3 Å². The standard InChI is InChI=1S/C4H5F3O2S/c5-4(6,7)2-10-1-3(8)9/h1-2H2,(H,8,9). The zero-order chi connectivity index (χ0) is 8.20. The monoisotopic (exact) mass is 174 g/mol. The van der Waals surface area contributed by atoms with Crippen LogP contribution in [0.5, 0.6) is 0 Å². The van der Waals surface area contributed by atoms with E-state index in [1.54, 1.807) is 0 Å². The van der Waals surface area contributed by atoms with Gasteiger partial charge >= 0.3 is 12.1 Å². The van der Waals surface area contributed by atoms with Crippen LogP contribution in [0, 0.1) is 0 Å². The number of carbonyl (C=O) groups is 1. The summed E-state index contributed by atoms with van der Waals surface area (Å²) in [6.45, 7) is 0. The van der Waals surface area contributed by atoms with Crippen LogP contribution >= 0.6 is 11.8 Å². The largest absolute Gasteiger partial charge is 0.481 e. The Balaban J connectivity index is 3.29. The maximum atomic E-state index is 11.3. The van der Waals surface area contributed by atoms with E-state index in [9.17, 15) is 18.0 Å². The lowest BCUT2D eigenvalue weighted by molar-refractivity contribution is -0.133. The quantitative estimate of drug-likeness (QED) is 0.702. The number of halogens is 3. The number of hydrogen-bond acceptors (Lipinski definition) is 2. The average Bonchev–Trinajstić information content (AvgIpc) is 1.59. The van der Waals surface area contributed by atoms with E-state index in [1.165, 1.54) is 0 Å². The molecule has 6 heteroatoms. The lowest BCUT2D eigenvalue weighted by Crippen LogP contribution is -2.12. The maximum absolute atomic E-state index is 11.3. The fourth-order valence-electron chi connectivity index (χ4n) is 0.254. The van der Waals surface area contributed by atoms with E-state index in [4.69, 9.17) is 5.11 Å². The molecule has 0 saturated carbocycles. The van der Waals surface area contributed by atoms with Crippen molar-refractivity contribution < 1.29 is 23.1 Å². The summed E-state index contributed by atoms with van der Waals surface area (Å²) in [4.78, 5) is 9.70. The highest BCUT2D eigenvalue weighted by molar-refractivity contribution is 7.99. The summed E-state index contributed by atoms with van der Waals surface area (Å²) in [6, 6.07) is 0. The van der Waals surface area contributed by atoms with Crippen molar-refractivity contribution >= 4 is 17.7 Å². The third kappa shape index (κ3) is 7.61. The number of rotatable bonds is 3. The molecule has 10 heavy (non-hydrogen) atoms. The van der Waals surface area contributed by atoms with Gasteiger partial charge in [0.15, 0.2) is 0 Å². The lowest BCUT2D eigenvalue weighted by atomic mass is 10.8. The molecule has 0 aromatic heterocycles. The van der Waals surface area contributed by atoms with Crippen molar-refractivity contribution in [1.29, 1.82) is 0 Å². The maximum Gasteiger partial charge on any atom is 0.397 e. The lowest BCUT2D eigenvalue weighted by Gasteiger charge is -2.02. The number of carboxylic acids is 1. The molecule has 0 aliphatic rings. The van der Waals surface area contributed by atoms with Crippen molar-refractivity contribution in [3.8, 4) is 0 Å². The van der Waals surface area contributed by atoms with Crippen LogP contribution in [0.3, 0.4) is 0 Å². The average molecular weight is 174 g/mol. The van der Waals surface area contributed by atoms with Gasteiger partial charge in [0.05, 0.1) is 11.5 Å². The molecule has 0 amide bonds. The summed E-state index contributed by atoms with van der Waals surface area (Å²) in [7, 11) is 0. The van der Waals surface area contributed by atoms with E-state index in [-0.39, 0.29) is 0 Å². The fourth-order valence-corrected chi connectivity index (χ4v) is 0.762. The van der Waals surface area contributed by atoms with Crippen molar-refractivity contribution in [3.05, 3.63) is 0 Å². The Morgan fingerprint density at radius 2 is 2.00 bits per heavy atom. The Hall–Kier alpha value is -0.390. The second-order valence-electron chi connectivity index (χ2n) is 1.50. The minimum atomic E-state index is -4.26. The van der Waals surface area contributed by atoms with Crippen molar-refractivity contribution in [1.82, 2.24) is 0 Å². The van der Waals surface area contributed by atoms with Crippen LogP contribution in [-0.2, 0) is 4.79 Å². The molecule has 0 fully saturated rings. The predicted molar refractivity (Wildman–Crippen MR) is 31.0 cm³/mol. The molecule has 0 atom stereocenters. The molecule has 2 nitrogen and oxygen atoms in total. The summed E-state index contributed by atoms with van der Waals surface area (Å²) in [5.41, 5.74) is 0. The first-order chi connectivity index (χ1) is 4.42. The smallest absolute Gasteiger partial charge is 0.397 e. The summed E-state index contributed by atoms with van der Waals surface area (Å²) >= 11 is 0.344. The number of alkyl halides is 3. The number of hydrogen-bond donors (Lipinski definition) is 1. The van der Waals surface area contributed by atoms with Gasteiger partial charge in [-0.2, -0.15) is 13.2 Å². The van der Waals surface area contributed by atoms with E-state index < -0.39 is 23.7 Å². The van der Waals surface area contributed by atoms with Gasteiger partial charge in [-0.1, -0.05) is 0 Å². The van der Waals surface area contributed by atoms with Crippen LogP contribution < -0.4 is 0 Å². The molecule has 60 valence electrons. The van der Waals surface area contributed by atoms with Gasteiger partial charge < -0.3 is 5.11 Å². The van der Waals surface area contributed by atoms with Gasteiger partial charge in [0, 0.05) is 0 Å². The normalized spacial score (nSPS) is 11.5. The summed E-state index contributed by atoms with van der Waals surface area (Å²) in [5.74, 6) is -2.83. The summed E-state index contributed by atoms with van der Waals surface area (Å²) in [6.07, 6.45) is -4.26. The molecule has 0 rings (SSSR count). The molecular formula is C4H5F3O2S. The third-order valence-corrected chi connectivity index (χ3v) is 1.47. The Bertz CT molecular complexity index is 122. The van der Waals surface area contributed by atoms with Gasteiger partial charge in [-0.15, -0.1) is 11.8 Å². The third-order valence-electron chi connectivity index (χ3n) is 0.491. The van der Waals surface area contributed by atoms with Crippen LogP contribution in [0.2, 0.25) is 0 Å². The van der Waals surface area contributed by atoms with Crippen LogP contribution in [-0.4, -0.2) is 28.8 Å². The molecule has 0 aromatic carbocycles. The Morgan fingerprint density at radius 3 is 2.30 bits per heavy atom. The summed E-state index contributed by atoms with van der Waals surface area (Å²) < 4.78 is 33.9. The SMILES string of the molecule is O=C(O)CSCC(F)(F)F. The number of aliphatic carboxylic acids is 1. The molecule has 1 N–H and O–H groups in total. The second-order valence-corrected chi connectivity index (χ2v) is 2.49. The Labute approximate surface area is 59.4 Å². The molecule has 0 saturated heterocycles. The molecule has 0 aliphatic carbocycles. The minimum absolute atomic E-state index is 0.344. The first kappa shape index (κ1) is 9.61. The fraction of sp³-hybridized carbons (Fsp3) is 0.750. The Kier molecular flexibility index (Phi) is 3.55. The number of thioether (sulfide) groups is 1. The molecule has 0 aromatic rings. The van der Waals surface area contributed by atoms with Gasteiger partial charge in [0.1, 0.15) is 0 Å². The van der Waals surface area contributed by atoms with Crippen LogP contribution in [0.4, 0.5) is 13.2 Å². The highest BCUT2D eigenvalue weighted by Gasteiger charge is 2.26. The van der Waals surface area contributed by atoms with Gasteiger partial charge in [-0.3, -0.25) is 4.79 Å². The van der Waals surface area contributed by atoms with Crippen molar-refractivity contribution in [2.24, 2.45) is 0 Å². The van der Waals surface area contributed by atoms with Crippen molar-refractivity contribution in [2.45, 2.75) is 6.18 Å². The van der Waals surface area contributed by atoms with Crippen molar-refractivity contribution in [2.75, 3.05) is 11.5 Å². The molecule has 0 spiro atoms. The van der Waals surface area contributed by atoms with Gasteiger partial charge in [-0.05, 0) is 0 Å². The van der Waals surface area contributed by atoms with Gasteiger partial charge in [0.2, 0.25) is 0 Å². The molecular weight excluding hydrogens is 169 g/mol.